The molecule has 7 rings (SSSR count). The number of fused-ring (bicyclic) bond motifs is 2. The fraction of sp³-hybridized carbons (Fsp3) is 0.447. The van der Waals surface area contributed by atoms with Gasteiger partial charge in [0.15, 0.2) is 23.3 Å². The van der Waals surface area contributed by atoms with Gasteiger partial charge in [0.2, 0.25) is 0 Å². The first-order valence-electron chi connectivity index (χ1n) is 21.9. The summed E-state index contributed by atoms with van der Waals surface area (Å²) in [6, 6.07) is 16.7. The summed E-state index contributed by atoms with van der Waals surface area (Å²) in [6.07, 6.45) is -2.06. The Morgan fingerprint density at radius 3 is 1.58 bits per heavy atom. The van der Waals surface area contributed by atoms with E-state index in [1.807, 2.05) is 51.1 Å². The van der Waals surface area contributed by atoms with E-state index in [1.54, 1.807) is 20.1 Å². The van der Waals surface area contributed by atoms with Gasteiger partial charge in [-0.3, -0.25) is 9.59 Å². The lowest BCUT2D eigenvalue weighted by atomic mass is 9.84. The van der Waals surface area contributed by atoms with Crippen LogP contribution in [-0.2, 0) is 33.9 Å². The van der Waals surface area contributed by atoms with E-state index < -0.39 is 46.9 Å². The Labute approximate surface area is 384 Å². The van der Waals surface area contributed by atoms with Gasteiger partial charge in [0, 0.05) is 81.8 Å². The summed E-state index contributed by atoms with van der Waals surface area (Å²) in [5.41, 5.74) is 1.93. The minimum Gasteiger partial charge on any atom is -0.465 e. The number of aromatic nitrogens is 2. The number of hydrogen-bond donors (Lipinski definition) is 3. The Morgan fingerprint density at radius 2 is 1.07 bits per heavy atom. The van der Waals surface area contributed by atoms with E-state index in [4.69, 9.17) is 24.4 Å². The third-order valence-electron chi connectivity index (χ3n) is 11.7. The van der Waals surface area contributed by atoms with Gasteiger partial charge in [0.25, 0.3) is 11.8 Å². The van der Waals surface area contributed by atoms with Crippen molar-refractivity contribution in [3.8, 4) is 0 Å². The van der Waals surface area contributed by atoms with Crippen LogP contribution in [0.2, 0.25) is 0 Å². The van der Waals surface area contributed by atoms with E-state index in [2.05, 4.69) is 0 Å². The number of ether oxygens (including phenoxy) is 3. The Balaban J connectivity index is 0.000000233. The van der Waals surface area contributed by atoms with Crippen LogP contribution in [-0.4, -0.2) is 160 Å². The Kier molecular flexibility index (Phi) is 16.9. The Bertz CT molecular complexity index is 2520. The average molecular weight is 941 g/mol. The number of aliphatic hydroxyl groups excluding tert-OH is 1. The Morgan fingerprint density at radius 1 is 0.597 bits per heavy atom. The number of halogens is 4. The van der Waals surface area contributed by atoms with Gasteiger partial charge in [-0.25, -0.2) is 27.2 Å². The first-order chi connectivity index (χ1) is 32.0. The normalized spacial score (nSPS) is 15.6. The molecule has 0 bridgehead atoms. The number of amides is 4. The number of rotatable bonds is 15. The maximum atomic E-state index is 14.2. The van der Waals surface area contributed by atoms with Crippen molar-refractivity contribution in [2.45, 2.75) is 46.5 Å². The second-order valence-electron chi connectivity index (χ2n) is 17.2. The summed E-state index contributed by atoms with van der Waals surface area (Å²) in [5, 5.41) is 28.3. The smallest absolute Gasteiger partial charge is 0.407 e. The number of carboxylic acid groups (broad SMARTS) is 2. The molecule has 362 valence electrons. The molecule has 5 aromatic rings. The molecule has 0 spiro atoms. The fourth-order valence-corrected chi connectivity index (χ4v) is 8.17. The first kappa shape index (κ1) is 50.2. The highest BCUT2D eigenvalue weighted by atomic mass is 19.2. The van der Waals surface area contributed by atoms with Crippen LogP contribution in [0.1, 0.15) is 47.3 Å². The monoisotopic (exact) mass is 940 g/mol. The van der Waals surface area contributed by atoms with E-state index >= 15 is 0 Å². The van der Waals surface area contributed by atoms with Gasteiger partial charge >= 0.3 is 12.2 Å². The standard InChI is InChI=1S/C29H35F2N3O5.C18H21F2N3O5/c1-29(2,3)26-18-32(9-10-34(26)28(36)37)27(35)25-16-21-15-22(30)23(31)17-24(21)33(25)11-12-38-13-14-39-19-20-7-5-4-6-8-20;19-13-9-12-10-16(17(25)21-1-3-22(4-2-21)18(26)27)23(5-7-28-8-6-24)15(12)11-14(13)20/h4-8,15-17,26H,9-14,18-19H2,1-3H3,(H,36,37);9-11,24H,1-8H2,(H,26,27). The fourth-order valence-electron chi connectivity index (χ4n) is 8.17. The van der Waals surface area contributed by atoms with Crippen LogP contribution < -0.4 is 0 Å². The van der Waals surface area contributed by atoms with Crippen LogP contribution in [0.3, 0.4) is 0 Å². The molecule has 2 aromatic heterocycles. The van der Waals surface area contributed by atoms with Crippen LogP contribution in [0.25, 0.3) is 21.8 Å². The molecule has 4 heterocycles. The number of carbonyl (C=O) groups excluding carboxylic acids is 2. The molecule has 0 radical (unpaired) electrons. The van der Waals surface area contributed by atoms with Gasteiger partial charge in [0.1, 0.15) is 11.4 Å². The highest BCUT2D eigenvalue weighted by molar-refractivity contribution is 6.00. The van der Waals surface area contributed by atoms with Crippen molar-refractivity contribution in [3.63, 3.8) is 0 Å². The van der Waals surface area contributed by atoms with Gasteiger partial charge in [0.05, 0.1) is 63.3 Å². The molecule has 4 amide bonds. The predicted octanol–water partition coefficient (Wildman–Crippen LogP) is 6.37. The van der Waals surface area contributed by atoms with Crippen molar-refractivity contribution in [1.82, 2.24) is 28.7 Å². The molecule has 2 fully saturated rings. The van der Waals surface area contributed by atoms with Crippen molar-refractivity contribution >= 4 is 45.8 Å². The molecule has 2 aliphatic heterocycles. The summed E-state index contributed by atoms with van der Waals surface area (Å²) < 4.78 is 75.3. The minimum atomic E-state index is -1.03. The lowest BCUT2D eigenvalue weighted by Crippen LogP contribution is -2.60. The molecule has 16 nitrogen and oxygen atoms in total. The minimum absolute atomic E-state index is 0.128. The summed E-state index contributed by atoms with van der Waals surface area (Å²) in [4.78, 5) is 55.3. The number of benzene rings is 3. The molecule has 3 aromatic carbocycles. The second-order valence-corrected chi connectivity index (χ2v) is 17.2. The number of nitrogens with zero attached hydrogens (tertiary/aromatic N) is 6. The topological polar surface area (TPSA) is 179 Å². The van der Waals surface area contributed by atoms with Crippen LogP contribution >= 0.6 is 0 Å². The van der Waals surface area contributed by atoms with Crippen LogP contribution in [0.4, 0.5) is 27.2 Å². The quantitative estimate of drug-likeness (QED) is 0.0790. The maximum Gasteiger partial charge on any atom is 0.407 e. The second kappa shape index (κ2) is 22.5. The predicted molar refractivity (Wildman–Crippen MR) is 238 cm³/mol. The zero-order valence-corrected chi connectivity index (χ0v) is 37.6. The summed E-state index contributed by atoms with van der Waals surface area (Å²) in [5.74, 6) is -4.68. The van der Waals surface area contributed by atoms with Crippen LogP contribution in [0.15, 0.2) is 66.7 Å². The third-order valence-corrected chi connectivity index (χ3v) is 11.7. The number of aliphatic hydroxyl groups is 1. The van der Waals surface area contributed by atoms with Crippen molar-refractivity contribution in [3.05, 3.63) is 107 Å². The van der Waals surface area contributed by atoms with Gasteiger partial charge in [-0.15, -0.1) is 0 Å². The van der Waals surface area contributed by atoms with Crippen LogP contribution in [0, 0.1) is 28.7 Å². The highest BCUT2D eigenvalue weighted by Gasteiger charge is 2.40. The molecule has 1 atom stereocenters. The van der Waals surface area contributed by atoms with Crippen molar-refractivity contribution in [2.75, 3.05) is 85.5 Å². The van der Waals surface area contributed by atoms with E-state index in [0.717, 1.165) is 29.8 Å². The average Bonchev–Trinajstić information content (AvgIpc) is 3.83. The number of piperazine rings is 2. The summed E-state index contributed by atoms with van der Waals surface area (Å²) in [7, 11) is 0. The van der Waals surface area contributed by atoms with Gasteiger partial charge in [-0.1, -0.05) is 51.1 Å². The third kappa shape index (κ3) is 12.4. The summed E-state index contributed by atoms with van der Waals surface area (Å²) in [6.45, 7) is 9.32. The molecule has 2 saturated heterocycles. The SMILES string of the molecule is CC(C)(C)C1CN(C(=O)c2cc3cc(F)c(F)cc3n2CCOCCOCc2ccccc2)CCN1C(=O)O.O=C(O)N1CCN(C(=O)c2cc3cc(F)c(F)cc3n2CCOCCO)CC1. The molecular formula is C47H56F4N6O10. The summed E-state index contributed by atoms with van der Waals surface area (Å²) >= 11 is 0. The van der Waals surface area contributed by atoms with E-state index in [-0.39, 0.29) is 109 Å². The number of carbonyl (C=O) groups is 4. The molecule has 3 N–H and O–H groups in total. The Hall–Kier alpha value is -6.22. The highest BCUT2D eigenvalue weighted by Crippen LogP contribution is 2.30. The van der Waals surface area contributed by atoms with Crippen molar-refractivity contribution in [1.29, 1.82) is 0 Å². The van der Waals surface area contributed by atoms with Gasteiger partial charge in [-0.05, 0) is 35.2 Å². The zero-order chi connectivity index (χ0) is 48.4. The van der Waals surface area contributed by atoms with E-state index in [9.17, 15) is 41.8 Å². The lowest BCUT2D eigenvalue weighted by Gasteiger charge is -2.45. The molecule has 0 saturated carbocycles. The van der Waals surface area contributed by atoms with Gasteiger partial charge in [-0.2, -0.15) is 0 Å². The van der Waals surface area contributed by atoms with Crippen LogP contribution in [0.5, 0.6) is 0 Å². The molecule has 67 heavy (non-hydrogen) atoms. The molecular weight excluding hydrogens is 885 g/mol. The van der Waals surface area contributed by atoms with E-state index in [1.165, 1.54) is 20.8 Å². The van der Waals surface area contributed by atoms with Crippen molar-refractivity contribution in [2.24, 2.45) is 5.41 Å². The number of hydrogen-bond acceptors (Lipinski definition) is 8. The van der Waals surface area contributed by atoms with Crippen molar-refractivity contribution < 1.29 is 66.3 Å². The first-order valence-corrected chi connectivity index (χ1v) is 21.9. The molecule has 1 unspecified atom stereocenters. The maximum absolute atomic E-state index is 14.2. The van der Waals surface area contributed by atoms with E-state index in [0.29, 0.717) is 41.6 Å². The largest absolute Gasteiger partial charge is 0.465 e. The molecule has 0 aliphatic carbocycles. The van der Waals surface area contributed by atoms with Gasteiger partial charge < -0.3 is 58.3 Å². The zero-order valence-electron chi connectivity index (χ0n) is 37.6. The molecule has 20 heteroatoms. The lowest BCUT2D eigenvalue weighted by molar-refractivity contribution is 0.0190. The molecule has 2 aliphatic rings.